The molecule has 0 spiro atoms. The van der Waals surface area contributed by atoms with Crippen molar-refractivity contribution in [2.45, 2.75) is 71.1 Å². The first-order chi connectivity index (χ1) is 21.2. The topological polar surface area (TPSA) is 35.5 Å². The van der Waals surface area contributed by atoms with Gasteiger partial charge in [-0.1, -0.05) is 70.8 Å². The third-order valence-electron chi connectivity index (χ3n) is 7.42. The van der Waals surface area contributed by atoms with Crippen molar-refractivity contribution in [3.63, 3.8) is 0 Å². The van der Waals surface area contributed by atoms with Crippen molar-refractivity contribution in [2.24, 2.45) is 0 Å². The van der Waals surface area contributed by atoms with Crippen LogP contribution in [0, 0.1) is 0 Å². The number of ether oxygens (including phenoxy) is 2. The van der Waals surface area contributed by atoms with E-state index >= 15 is 0 Å². The molecule has 3 aromatic heterocycles. The Morgan fingerprint density at radius 3 is 1.77 bits per heavy atom. The van der Waals surface area contributed by atoms with Gasteiger partial charge in [-0.3, -0.25) is 0 Å². The van der Waals surface area contributed by atoms with Gasteiger partial charge in [0.05, 0.1) is 12.2 Å². The van der Waals surface area contributed by atoms with Crippen molar-refractivity contribution in [1.82, 2.24) is 0 Å². The quantitative estimate of drug-likeness (QED) is 0.0584. The van der Waals surface area contributed by atoms with Gasteiger partial charge in [0.1, 0.15) is 11.5 Å². The van der Waals surface area contributed by atoms with Gasteiger partial charge in [-0.25, -0.2) is 4.79 Å². The highest BCUT2D eigenvalue weighted by Gasteiger charge is 2.12. The van der Waals surface area contributed by atoms with Crippen LogP contribution in [0.2, 0.25) is 0 Å². The average Bonchev–Trinajstić information content (AvgIpc) is 3.83. The molecule has 0 aliphatic heterocycles. The SMILES string of the molecule is CCCCCCCCCCCCOc1ccc(C(=O)Oc2ccc(-c3ccc(-c4ccc(-c5cccs5)s4)s3)cc2)cc1. The maximum Gasteiger partial charge on any atom is 0.343 e. The smallest absolute Gasteiger partial charge is 0.343 e. The highest BCUT2D eigenvalue weighted by Crippen LogP contribution is 2.41. The van der Waals surface area contributed by atoms with Gasteiger partial charge in [0, 0.05) is 24.4 Å². The second-order valence-corrected chi connectivity index (χ2v) is 13.9. The third-order valence-corrected chi connectivity index (χ3v) is 10.9. The molecular weight excluding hydrogens is 589 g/mol. The van der Waals surface area contributed by atoms with Gasteiger partial charge in [0.2, 0.25) is 0 Å². The molecule has 0 saturated heterocycles. The number of benzene rings is 2. The normalized spacial score (nSPS) is 11.1. The van der Waals surface area contributed by atoms with E-state index in [1.165, 1.54) is 82.2 Å². The minimum atomic E-state index is -0.369. The van der Waals surface area contributed by atoms with Gasteiger partial charge in [0.15, 0.2) is 0 Å². The Bertz CT molecular complexity index is 1510. The molecule has 0 bridgehead atoms. The summed E-state index contributed by atoms with van der Waals surface area (Å²) in [5.74, 6) is 0.953. The van der Waals surface area contributed by atoms with Crippen LogP contribution in [0.15, 0.2) is 90.3 Å². The maximum atomic E-state index is 12.7. The predicted molar refractivity (Wildman–Crippen MR) is 185 cm³/mol. The second-order valence-electron chi connectivity index (χ2n) is 10.8. The number of carbonyl (C=O) groups is 1. The molecule has 3 nitrogen and oxygen atoms in total. The minimum Gasteiger partial charge on any atom is -0.494 e. The fourth-order valence-electron chi connectivity index (χ4n) is 4.97. The zero-order valence-electron chi connectivity index (χ0n) is 24.9. The van der Waals surface area contributed by atoms with Crippen molar-refractivity contribution in [1.29, 1.82) is 0 Å². The molecule has 3 heterocycles. The lowest BCUT2D eigenvalue weighted by Gasteiger charge is -2.08. The van der Waals surface area contributed by atoms with Crippen molar-refractivity contribution in [2.75, 3.05) is 6.61 Å². The van der Waals surface area contributed by atoms with E-state index in [0.717, 1.165) is 17.7 Å². The molecule has 0 fully saturated rings. The van der Waals surface area contributed by atoms with Crippen LogP contribution in [0.1, 0.15) is 81.5 Å². The maximum absolute atomic E-state index is 12.7. The first-order valence-corrected chi connectivity index (χ1v) is 18.0. The molecule has 2 aromatic carbocycles. The number of esters is 1. The fourth-order valence-corrected chi connectivity index (χ4v) is 7.91. The molecule has 0 radical (unpaired) electrons. The Morgan fingerprint density at radius 1 is 0.581 bits per heavy atom. The minimum absolute atomic E-state index is 0.369. The Kier molecular flexibility index (Phi) is 12.1. The van der Waals surface area contributed by atoms with E-state index in [2.05, 4.69) is 48.7 Å². The van der Waals surface area contributed by atoms with E-state index in [9.17, 15) is 4.79 Å². The Morgan fingerprint density at radius 2 is 1.14 bits per heavy atom. The molecule has 224 valence electrons. The molecular formula is C37H40O3S3. The first kappa shape index (κ1) is 31.2. The molecule has 0 amide bonds. The first-order valence-electron chi connectivity index (χ1n) is 15.5. The molecule has 0 saturated carbocycles. The van der Waals surface area contributed by atoms with Crippen molar-refractivity contribution >= 4 is 40.0 Å². The molecule has 6 heteroatoms. The lowest BCUT2D eigenvalue weighted by molar-refractivity contribution is 0.0734. The van der Waals surface area contributed by atoms with E-state index in [0.29, 0.717) is 17.9 Å². The molecule has 0 aliphatic rings. The Hall–Kier alpha value is -3.19. The number of unbranched alkanes of at least 4 members (excludes halogenated alkanes) is 9. The van der Waals surface area contributed by atoms with Crippen LogP contribution in [0.25, 0.3) is 29.9 Å². The van der Waals surface area contributed by atoms with E-state index in [4.69, 9.17) is 9.47 Å². The standard InChI is InChI=1S/C37H40O3S3/c1-2-3-4-5-6-7-8-9-10-11-26-39-30-18-16-29(17-19-30)37(38)40-31-20-14-28(15-21-31)32-22-23-35(42-32)36-25-24-34(43-36)33-13-12-27-41-33/h12-25,27H,2-11,26H2,1H3. The Balaban J connectivity index is 1.03. The molecule has 0 N–H and O–H groups in total. The monoisotopic (exact) mass is 628 g/mol. The van der Waals surface area contributed by atoms with Gasteiger partial charge in [-0.2, -0.15) is 0 Å². The molecule has 0 unspecified atom stereocenters. The summed E-state index contributed by atoms with van der Waals surface area (Å²) in [6.45, 7) is 2.97. The van der Waals surface area contributed by atoms with Crippen LogP contribution in [0.5, 0.6) is 11.5 Å². The van der Waals surface area contributed by atoms with E-state index < -0.39 is 0 Å². The third kappa shape index (κ3) is 9.40. The number of thiophene rings is 3. The van der Waals surface area contributed by atoms with Crippen LogP contribution >= 0.6 is 34.0 Å². The number of rotatable bonds is 17. The average molecular weight is 629 g/mol. The van der Waals surface area contributed by atoms with Crippen LogP contribution in [0.3, 0.4) is 0 Å². The number of carbonyl (C=O) groups excluding carboxylic acids is 1. The van der Waals surface area contributed by atoms with Crippen LogP contribution in [-0.4, -0.2) is 12.6 Å². The van der Waals surface area contributed by atoms with Crippen molar-refractivity contribution < 1.29 is 14.3 Å². The summed E-state index contributed by atoms with van der Waals surface area (Å²) in [7, 11) is 0. The van der Waals surface area contributed by atoms with Crippen molar-refractivity contribution in [3.8, 4) is 41.4 Å². The largest absolute Gasteiger partial charge is 0.494 e. The summed E-state index contributed by atoms with van der Waals surface area (Å²) >= 11 is 5.37. The molecule has 0 atom stereocenters. The van der Waals surface area contributed by atoms with Gasteiger partial charge >= 0.3 is 5.97 Å². The summed E-state index contributed by atoms with van der Waals surface area (Å²) in [5, 5.41) is 2.12. The summed E-state index contributed by atoms with van der Waals surface area (Å²) in [5.41, 5.74) is 1.62. The summed E-state index contributed by atoms with van der Waals surface area (Å²) in [4.78, 5) is 19.1. The van der Waals surface area contributed by atoms with Gasteiger partial charge in [0.25, 0.3) is 0 Å². The lowest BCUT2D eigenvalue weighted by atomic mass is 10.1. The molecule has 43 heavy (non-hydrogen) atoms. The zero-order chi connectivity index (χ0) is 29.7. The highest BCUT2D eigenvalue weighted by molar-refractivity contribution is 7.27. The van der Waals surface area contributed by atoms with Crippen LogP contribution < -0.4 is 9.47 Å². The summed E-state index contributed by atoms with van der Waals surface area (Å²) < 4.78 is 11.5. The Labute approximate surface area is 268 Å². The van der Waals surface area contributed by atoms with E-state index in [1.807, 2.05) is 47.7 Å². The molecule has 0 aliphatic carbocycles. The van der Waals surface area contributed by atoms with Crippen LogP contribution in [-0.2, 0) is 0 Å². The zero-order valence-corrected chi connectivity index (χ0v) is 27.3. The van der Waals surface area contributed by atoms with Gasteiger partial charge < -0.3 is 9.47 Å². The van der Waals surface area contributed by atoms with E-state index in [-0.39, 0.29) is 5.97 Å². The van der Waals surface area contributed by atoms with Crippen molar-refractivity contribution in [3.05, 3.63) is 95.9 Å². The fraction of sp³-hybridized carbons (Fsp3) is 0.324. The number of hydrogen-bond donors (Lipinski definition) is 0. The number of hydrogen-bond acceptors (Lipinski definition) is 6. The van der Waals surface area contributed by atoms with Gasteiger partial charge in [-0.05, 0) is 96.2 Å². The molecule has 5 rings (SSSR count). The molecule has 5 aromatic rings. The van der Waals surface area contributed by atoms with Gasteiger partial charge in [-0.15, -0.1) is 34.0 Å². The van der Waals surface area contributed by atoms with E-state index in [1.54, 1.807) is 34.8 Å². The summed E-state index contributed by atoms with van der Waals surface area (Å²) in [6, 6.07) is 28.0. The highest BCUT2D eigenvalue weighted by atomic mass is 32.1. The lowest BCUT2D eigenvalue weighted by Crippen LogP contribution is -2.08. The summed E-state index contributed by atoms with van der Waals surface area (Å²) in [6.07, 6.45) is 13.1. The van der Waals surface area contributed by atoms with Crippen LogP contribution in [0.4, 0.5) is 0 Å². The second kappa shape index (κ2) is 16.6. The predicted octanol–water partition coefficient (Wildman–Crippen LogP) is 12.4.